The Morgan fingerprint density at radius 3 is 2.34 bits per heavy atom. The van der Waals surface area contributed by atoms with Crippen LogP contribution < -0.4 is 10.2 Å². The number of quaternary nitrogens is 1. The number of hydrogen-bond acceptors (Lipinski definition) is 7. The molecule has 2 aliphatic heterocycles. The standard InChI is InChI=1S/C29H33N5O4/c1-18(2)34(26-22(17-31-34)15-29(16-24(26)35)9-11-30-12-10-29)27(36)21-13-23(32-25(14-21)33(3)4)19-5-7-20(8-6-19)28(37)38/h5-8,13-14,17-18,30H,9-12,15-16H2,1-4H3/p+1. The molecular formula is C29H34N5O4+. The Hall–Kier alpha value is -3.69. The van der Waals surface area contributed by atoms with Gasteiger partial charge in [-0.05, 0) is 75.9 Å². The van der Waals surface area contributed by atoms with Gasteiger partial charge in [0.25, 0.3) is 0 Å². The van der Waals surface area contributed by atoms with E-state index >= 15 is 0 Å². The first-order valence-electron chi connectivity index (χ1n) is 13.1. The van der Waals surface area contributed by atoms with Crippen molar-refractivity contribution >= 4 is 29.7 Å². The van der Waals surface area contributed by atoms with Crippen molar-refractivity contribution in [1.82, 2.24) is 10.3 Å². The lowest BCUT2D eigenvalue weighted by molar-refractivity contribution is -0.833. The highest BCUT2D eigenvalue weighted by atomic mass is 16.4. The molecule has 0 bridgehead atoms. The summed E-state index contributed by atoms with van der Waals surface area (Å²) in [4.78, 5) is 46.0. The Kier molecular flexibility index (Phi) is 6.53. The number of piperidine rings is 1. The van der Waals surface area contributed by atoms with E-state index in [0.717, 1.165) is 37.9 Å². The molecule has 9 heteroatoms. The van der Waals surface area contributed by atoms with Gasteiger partial charge in [0, 0.05) is 31.7 Å². The van der Waals surface area contributed by atoms with Gasteiger partial charge < -0.3 is 15.3 Å². The fraction of sp³-hybridized carbons (Fsp3) is 0.414. The summed E-state index contributed by atoms with van der Waals surface area (Å²) in [5.41, 5.74) is 3.13. The van der Waals surface area contributed by atoms with Gasteiger partial charge in [0.15, 0.2) is 0 Å². The number of nitrogens with zero attached hydrogens (tertiary/aromatic N) is 4. The Balaban J connectivity index is 1.59. The Bertz CT molecular complexity index is 1370. The summed E-state index contributed by atoms with van der Waals surface area (Å²) >= 11 is 0. The molecule has 38 heavy (non-hydrogen) atoms. The third-order valence-electron chi connectivity index (χ3n) is 8.07. The predicted molar refractivity (Wildman–Crippen MR) is 145 cm³/mol. The van der Waals surface area contributed by atoms with E-state index in [1.54, 1.807) is 30.5 Å². The lowest BCUT2D eigenvalue weighted by Crippen LogP contribution is -2.54. The number of carbonyl (C=O) groups is 3. The van der Waals surface area contributed by atoms with Crippen molar-refractivity contribution in [3.63, 3.8) is 0 Å². The van der Waals surface area contributed by atoms with Crippen LogP contribution in [0.2, 0.25) is 0 Å². The molecule has 1 saturated heterocycles. The van der Waals surface area contributed by atoms with Crippen molar-refractivity contribution in [3.8, 4) is 11.3 Å². The van der Waals surface area contributed by atoms with Gasteiger partial charge >= 0.3 is 11.9 Å². The zero-order chi connectivity index (χ0) is 27.2. The number of allylic oxidation sites excluding steroid dienone is 2. The van der Waals surface area contributed by atoms with E-state index in [0.29, 0.717) is 34.8 Å². The highest BCUT2D eigenvalue weighted by Gasteiger charge is 2.57. The SMILES string of the molecule is CC(C)[N+]1(C(=O)c2cc(-c3ccc(C(=O)O)cc3)nc(N(C)C)c2)N=CC2=C1C(=O)CC1(CCNCC1)C2. The molecule has 1 spiro atoms. The van der Waals surface area contributed by atoms with Gasteiger partial charge in [-0.1, -0.05) is 21.8 Å². The maximum atomic E-state index is 14.4. The molecule has 1 aliphatic carbocycles. The zero-order valence-corrected chi connectivity index (χ0v) is 22.3. The maximum absolute atomic E-state index is 14.4. The number of hydrogen-bond donors (Lipinski definition) is 2. The molecule has 1 unspecified atom stereocenters. The number of pyridine rings is 1. The number of aromatic nitrogens is 1. The number of amides is 1. The quantitative estimate of drug-likeness (QED) is 0.581. The van der Waals surface area contributed by atoms with Crippen molar-refractivity contribution in [2.24, 2.45) is 10.5 Å². The van der Waals surface area contributed by atoms with Gasteiger partial charge in [0.2, 0.25) is 11.5 Å². The van der Waals surface area contributed by atoms with Gasteiger partial charge in [-0.25, -0.2) is 14.6 Å². The fourth-order valence-electron chi connectivity index (χ4n) is 5.98. The normalized spacial score (nSPS) is 22.2. The highest BCUT2D eigenvalue weighted by Crippen LogP contribution is 2.49. The van der Waals surface area contributed by atoms with E-state index in [9.17, 15) is 19.5 Å². The third-order valence-corrected chi connectivity index (χ3v) is 8.07. The van der Waals surface area contributed by atoms with Crippen LogP contribution in [0.4, 0.5) is 5.82 Å². The number of rotatable bonds is 5. The first-order chi connectivity index (χ1) is 18.1. The summed E-state index contributed by atoms with van der Waals surface area (Å²) in [7, 11) is 3.69. The first-order valence-corrected chi connectivity index (χ1v) is 13.1. The van der Waals surface area contributed by atoms with Crippen LogP contribution in [0.3, 0.4) is 0 Å². The number of ketones is 1. The Morgan fingerprint density at radius 1 is 1.05 bits per heavy atom. The van der Waals surface area contributed by atoms with E-state index in [4.69, 9.17) is 10.1 Å². The van der Waals surface area contributed by atoms with Crippen molar-refractivity contribution in [2.75, 3.05) is 32.1 Å². The van der Waals surface area contributed by atoms with E-state index in [1.807, 2.05) is 32.8 Å². The maximum Gasteiger partial charge on any atom is 0.377 e. The molecule has 9 nitrogen and oxygen atoms in total. The van der Waals surface area contributed by atoms with Crippen molar-refractivity contribution in [3.05, 3.63) is 58.8 Å². The lowest BCUT2D eigenvalue weighted by Gasteiger charge is -2.41. The zero-order valence-electron chi connectivity index (χ0n) is 22.3. The molecule has 1 amide bonds. The summed E-state index contributed by atoms with van der Waals surface area (Å²) in [6.45, 7) is 5.65. The molecule has 2 aromatic rings. The first kappa shape index (κ1) is 25.9. The number of anilines is 1. The third kappa shape index (κ3) is 4.25. The summed E-state index contributed by atoms with van der Waals surface area (Å²) in [6, 6.07) is 9.56. The van der Waals surface area contributed by atoms with Crippen LogP contribution in [0.15, 0.2) is 52.8 Å². The number of carboxylic acid groups (broad SMARTS) is 1. The minimum atomic E-state index is -1.01. The van der Waals surface area contributed by atoms with Crippen LogP contribution in [0.25, 0.3) is 11.3 Å². The van der Waals surface area contributed by atoms with E-state index in [1.165, 1.54) is 12.1 Å². The van der Waals surface area contributed by atoms with Gasteiger partial charge in [0.05, 0.1) is 23.0 Å². The van der Waals surface area contributed by atoms with Gasteiger partial charge in [0.1, 0.15) is 11.9 Å². The van der Waals surface area contributed by atoms with Crippen LogP contribution in [0.5, 0.6) is 0 Å². The van der Waals surface area contributed by atoms with E-state index in [2.05, 4.69) is 5.32 Å². The molecule has 2 N–H and O–H groups in total. The average molecular weight is 517 g/mol. The fourth-order valence-corrected chi connectivity index (χ4v) is 5.98. The molecule has 1 atom stereocenters. The molecule has 1 aromatic carbocycles. The van der Waals surface area contributed by atoms with Gasteiger partial charge in [-0.15, -0.1) is 0 Å². The van der Waals surface area contributed by atoms with Crippen LogP contribution in [0, 0.1) is 5.41 Å². The average Bonchev–Trinajstić information content (AvgIpc) is 3.29. The monoisotopic (exact) mass is 516 g/mol. The molecule has 0 radical (unpaired) electrons. The summed E-state index contributed by atoms with van der Waals surface area (Å²) < 4.78 is -0.378. The minimum absolute atomic E-state index is 0.0130. The number of Topliss-reactive ketones (excluding diaryl/α,β-unsaturated/α-hetero) is 1. The molecule has 3 aliphatic rings. The summed E-state index contributed by atoms with van der Waals surface area (Å²) in [5, 5.41) is 17.4. The van der Waals surface area contributed by atoms with Crippen LogP contribution >= 0.6 is 0 Å². The topological polar surface area (TPSA) is 112 Å². The van der Waals surface area contributed by atoms with E-state index < -0.39 is 5.97 Å². The van der Waals surface area contributed by atoms with Crippen molar-refractivity contribution in [1.29, 1.82) is 0 Å². The number of nitrogens with one attached hydrogen (secondary N) is 1. The van der Waals surface area contributed by atoms with Crippen LogP contribution in [-0.4, -0.2) is 71.8 Å². The number of aromatic carboxylic acids is 1. The second-order valence-corrected chi connectivity index (χ2v) is 11.1. The van der Waals surface area contributed by atoms with Gasteiger partial charge in [-0.3, -0.25) is 4.79 Å². The molecular weight excluding hydrogens is 482 g/mol. The molecule has 1 aromatic heterocycles. The highest BCUT2D eigenvalue weighted by molar-refractivity contribution is 6.06. The number of carboxylic acids is 1. The molecule has 0 saturated carbocycles. The van der Waals surface area contributed by atoms with Crippen LogP contribution in [-0.2, 0) is 4.79 Å². The molecule has 198 valence electrons. The number of carbonyl (C=O) groups excluding carboxylic acids is 2. The Labute approximate surface area is 222 Å². The summed E-state index contributed by atoms with van der Waals surface area (Å²) in [6.07, 6.45) is 4.85. The predicted octanol–water partition coefficient (Wildman–Crippen LogP) is 3.86. The second-order valence-electron chi connectivity index (χ2n) is 11.1. The van der Waals surface area contributed by atoms with Crippen molar-refractivity contribution in [2.45, 2.75) is 45.6 Å². The minimum Gasteiger partial charge on any atom is -0.478 e. The second kappa shape index (κ2) is 9.56. The van der Waals surface area contributed by atoms with Crippen LogP contribution in [0.1, 0.15) is 60.2 Å². The smallest absolute Gasteiger partial charge is 0.377 e. The van der Waals surface area contributed by atoms with Crippen molar-refractivity contribution < 1.29 is 24.1 Å². The molecule has 3 heterocycles. The molecule has 1 fully saturated rings. The molecule has 5 rings (SSSR count). The van der Waals surface area contributed by atoms with E-state index in [-0.39, 0.29) is 33.3 Å². The Morgan fingerprint density at radius 2 is 1.74 bits per heavy atom. The summed E-state index contributed by atoms with van der Waals surface area (Å²) in [5.74, 6) is -0.690. The van der Waals surface area contributed by atoms with Gasteiger partial charge in [-0.2, -0.15) is 0 Å². The lowest BCUT2D eigenvalue weighted by atomic mass is 9.67. The number of benzene rings is 1. The largest absolute Gasteiger partial charge is 0.478 e.